The number of hydrogen-bond donors (Lipinski definition) is 1. The molecule has 1 aromatic heterocycles. The van der Waals surface area contributed by atoms with Gasteiger partial charge in [-0.05, 0) is 45.8 Å². The fourth-order valence-electron chi connectivity index (χ4n) is 1.47. The topological polar surface area (TPSA) is 39.6 Å². The Kier molecular flexibility index (Phi) is 4.13. The number of aromatic amines is 1. The number of nitriles is 1. The van der Waals surface area contributed by atoms with Gasteiger partial charge in [0.25, 0.3) is 0 Å². The maximum atomic E-state index is 9.19. The van der Waals surface area contributed by atoms with Crippen LogP contribution in [0.4, 0.5) is 0 Å². The van der Waals surface area contributed by atoms with Crippen LogP contribution in [0.15, 0.2) is 34.9 Å². The minimum Gasteiger partial charge on any atom is -0.361 e. The summed E-state index contributed by atoms with van der Waals surface area (Å²) in [5, 5.41) is 10.1. The molecule has 1 N–H and O–H groups in total. The van der Waals surface area contributed by atoms with Crippen molar-refractivity contribution in [3.05, 3.63) is 56.2 Å². The molecule has 90 valence electrons. The smallest absolute Gasteiger partial charge is 0.0998 e. The van der Waals surface area contributed by atoms with Crippen molar-refractivity contribution in [1.82, 2.24) is 4.98 Å². The maximum absolute atomic E-state index is 9.19. The van der Waals surface area contributed by atoms with Crippen molar-refractivity contribution in [2.45, 2.75) is 0 Å². The number of allylic oxidation sites excluding steroid dienone is 1. The van der Waals surface area contributed by atoms with Crippen molar-refractivity contribution < 1.29 is 0 Å². The van der Waals surface area contributed by atoms with Gasteiger partial charge in [-0.3, -0.25) is 0 Å². The van der Waals surface area contributed by atoms with Crippen LogP contribution in [-0.2, 0) is 0 Å². The molecule has 0 aliphatic carbocycles. The Bertz CT molecular complexity index is 653. The first kappa shape index (κ1) is 13.2. The van der Waals surface area contributed by atoms with E-state index < -0.39 is 0 Å². The average Bonchev–Trinajstić information content (AvgIpc) is 2.75. The lowest BCUT2D eigenvalue weighted by Gasteiger charge is -2.01. The quantitative estimate of drug-likeness (QED) is 0.754. The van der Waals surface area contributed by atoms with Crippen LogP contribution in [0.3, 0.4) is 0 Å². The standard InChI is InChI=1S/C13H7BrCl2N2/c14-10-5-11(18-7-10)3-9(6-17)8-1-2-12(15)13(16)4-8/h1-5,7,18H/b9-3+. The zero-order valence-corrected chi connectivity index (χ0v) is 12.1. The Hall–Kier alpha value is -1.21. The number of rotatable bonds is 2. The molecule has 0 aliphatic rings. The van der Waals surface area contributed by atoms with E-state index in [0.29, 0.717) is 15.6 Å². The van der Waals surface area contributed by atoms with E-state index in [0.717, 1.165) is 15.7 Å². The summed E-state index contributed by atoms with van der Waals surface area (Å²) in [4.78, 5) is 3.03. The molecule has 1 heterocycles. The molecule has 0 radical (unpaired) electrons. The number of H-pyrrole nitrogens is 1. The number of nitrogens with one attached hydrogen (secondary N) is 1. The largest absolute Gasteiger partial charge is 0.361 e. The summed E-state index contributed by atoms with van der Waals surface area (Å²) in [6.45, 7) is 0. The molecular weight excluding hydrogens is 335 g/mol. The van der Waals surface area contributed by atoms with Crippen molar-refractivity contribution in [3.8, 4) is 6.07 Å². The Morgan fingerprint density at radius 1 is 1.28 bits per heavy atom. The summed E-state index contributed by atoms with van der Waals surface area (Å²) in [5.74, 6) is 0. The van der Waals surface area contributed by atoms with Crippen molar-refractivity contribution in [2.24, 2.45) is 0 Å². The van der Waals surface area contributed by atoms with Gasteiger partial charge in [0.1, 0.15) is 0 Å². The third-order valence-corrected chi connectivity index (χ3v) is 3.52. The summed E-state index contributed by atoms with van der Waals surface area (Å²) < 4.78 is 0.931. The second-order valence-electron chi connectivity index (χ2n) is 3.57. The number of aromatic nitrogens is 1. The molecule has 2 rings (SSSR count). The molecule has 18 heavy (non-hydrogen) atoms. The van der Waals surface area contributed by atoms with E-state index >= 15 is 0 Å². The van der Waals surface area contributed by atoms with Crippen molar-refractivity contribution in [3.63, 3.8) is 0 Å². The predicted octanol–water partition coefficient (Wildman–Crippen LogP) is 5.15. The number of benzene rings is 1. The Morgan fingerprint density at radius 3 is 2.61 bits per heavy atom. The lowest BCUT2D eigenvalue weighted by Crippen LogP contribution is -1.83. The first-order valence-corrected chi connectivity index (χ1v) is 6.56. The highest BCUT2D eigenvalue weighted by molar-refractivity contribution is 9.10. The van der Waals surface area contributed by atoms with Crippen LogP contribution < -0.4 is 0 Å². The van der Waals surface area contributed by atoms with Crippen LogP contribution in [0.1, 0.15) is 11.3 Å². The summed E-state index contributed by atoms with van der Waals surface area (Å²) in [6, 6.07) is 9.15. The van der Waals surface area contributed by atoms with E-state index in [2.05, 4.69) is 27.0 Å². The van der Waals surface area contributed by atoms with Crippen LogP contribution >= 0.6 is 39.1 Å². The van der Waals surface area contributed by atoms with E-state index in [1.54, 1.807) is 30.5 Å². The summed E-state index contributed by atoms with van der Waals surface area (Å²) in [7, 11) is 0. The highest BCUT2D eigenvalue weighted by Crippen LogP contribution is 2.27. The van der Waals surface area contributed by atoms with Gasteiger partial charge < -0.3 is 4.98 Å². The van der Waals surface area contributed by atoms with Crippen LogP contribution in [0, 0.1) is 11.3 Å². The van der Waals surface area contributed by atoms with E-state index in [1.165, 1.54) is 0 Å². The Balaban J connectivity index is 2.43. The molecule has 0 unspecified atom stereocenters. The predicted molar refractivity (Wildman–Crippen MR) is 78.4 cm³/mol. The van der Waals surface area contributed by atoms with Gasteiger partial charge in [-0.25, -0.2) is 0 Å². The van der Waals surface area contributed by atoms with E-state index in [-0.39, 0.29) is 0 Å². The van der Waals surface area contributed by atoms with Crippen LogP contribution in [0.5, 0.6) is 0 Å². The van der Waals surface area contributed by atoms with Gasteiger partial charge in [0.05, 0.1) is 21.7 Å². The van der Waals surface area contributed by atoms with Crippen molar-refractivity contribution >= 4 is 50.8 Å². The normalized spacial score (nSPS) is 11.3. The summed E-state index contributed by atoms with van der Waals surface area (Å²) >= 11 is 15.1. The number of nitrogens with zero attached hydrogens (tertiary/aromatic N) is 1. The zero-order valence-electron chi connectivity index (χ0n) is 9.05. The molecule has 0 aliphatic heterocycles. The van der Waals surface area contributed by atoms with Crippen LogP contribution in [-0.4, -0.2) is 4.98 Å². The van der Waals surface area contributed by atoms with Gasteiger partial charge in [-0.15, -0.1) is 0 Å². The molecule has 2 nitrogen and oxygen atoms in total. The first-order valence-electron chi connectivity index (χ1n) is 5.01. The summed E-state index contributed by atoms with van der Waals surface area (Å²) in [5.41, 5.74) is 2.09. The molecule has 0 amide bonds. The second-order valence-corrected chi connectivity index (χ2v) is 5.30. The Morgan fingerprint density at radius 2 is 2.06 bits per heavy atom. The molecule has 2 aromatic rings. The van der Waals surface area contributed by atoms with Gasteiger partial charge in [-0.2, -0.15) is 5.26 Å². The maximum Gasteiger partial charge on any atom is 0.0998 e. The zero-order chi connectivity index (χ0) is 13.1. The third-order valence-electron chi connectivity index (χ3n) is 2.32. The molecule has 0 fully saturated rings. The monoisotopic (exact) mass is 340 g/mol. The minimum absolute atomic E-state index is 0.433. The summed E-state index contributed by atoms with van der Waals surface area (Å²) in [6.07, 6.45) is 3.56. The molecule has 5 heteroatoms. The molecule has 0 spiro atoms. The highest BCUT2D eigenvalue weighted by atomic mass is 79.9. The molecule has 1 aromatic carbocycles. The van der Waals surface area contributed by atoms with Gasteiger partial charge in [0.2, 0.25) is 0 Å². The van der Waals surface area contributed by atoms with E-state index in [1.807, 2.05) is 6.07 Å². The fraction of sp³-hybridized carbons (Fsp3) is 0. The fourth-order valence-corrected chi connectivity index (χ4v) is 2.13. The van der Waals surface area contributed by atoms with Gasteiger partial charge in [0, 0.05) is 16.4 Å². The third kappa shape index (κ3) is 2.97. The molecule has 0 bridgehead atoms. The highest BCUT2D eigenvalue weighted by Gasteiger charge is 2.05. The molecule has 0 saturated heterocycles. The lowest BCUT2D eigenvalue weighted by molar-refractivity contribution is 1.37. The number of hydrogen-bond acceptors (Lipinski definition) is 1. The SMILES string of the molecule is N#C/C(=C\c1cc(Br)c[nH]1)c1ccc(Cl)c(Cl)c1. The molecule has 0 saturated carbocycles. The van der Waals surface area contributed by atoms with Gasteiger partial charge >= 0.3 is 0 Å². The lowest BCUT2D eigenvalue weighted by atomic mass is 10.1. The van der Waals surface area contributed by atoms with Crippen molar-refractivity contribution in [2.75, 3.05) is 0 Å². The van der Waals surface area contributed by atoms with Crippen molar-refractivity contribution in [1.29, 1.82) is 5.26 Å². The van der Waals surface area contributed by atoms with Gasteiger partial charge in [0.15, 0.2) is 0 Å². The molecular formula is C13H7BrCl2N2. The van der Waals surface area contributed by atoms with Crippen LogP contribution in [0.2, 0.25) is 10.0 Å². The average molecular weight is 342 g/mol. The van der Waals surface area contributed by atoms with Gasteiger partial charge in [-0.1, -0.05) is 29.3 Å². The minimum atomic E-state index is 0.433. The Labute approximate surface area is 123 Å². The van der Waals surface area contributed by atoms with E-state index in [4.69, 9.17) is 23.2 Å². The van der Waals surface area contributed by atoms with Crippen LogP contribution in [0.25, 0.3) is 11.6 Å². The first-order chi connectivity index (χ1) is 8.60. The molecule has 0 atom stereocenters. The number of halogens is 3. The van der Waals surface area contributed by atoms with E-state index in [9.17, 15) is 5.26 Å². The second kappa shape index (κ2) is 5.62.